The lowest BCUT2D eigenvalue weighted by molar-refractivity contribution is -0.141. The van der Waals surface area contributed by atoms with E-state index in [2.05, 4.69) is 15.2 Å². The number of aromatic nitrogens is 3. The topological polar surface area (TPSA) is 80.3 Å². The summed E-state index contributed by atoms with van der Waals surface area (Å²) in [5.74, 6) is 0.946. The zero-order chi connectivity index (χ0) is 15.0. The van der Waals surface area contributed by atoms with Crippen LogP contribution in [-0.4, -0.2) is 63.9 Å². The second kappa shape index (κ2) is 5.73. The predicted molar refractivity (Wildman–Crippen MR) is 78.2 cm³/mol. The van der Waals surface area contributed by atoms with E-state index in [1.807, 2.05) is 25.0 Å². The fraction of sp³-hybridized carbons (Fsp3) is 0.786. The third-order valence-corrected chi connectivity index (χ3v) is 4.83. The Balaban J connectivity index is 1.65. The Kier molecular flexibility index (Phi) is 3.95. The first-order valence-corrected chi connectivity index (χ1v) is 7.62. The number of nitrogens with two attached hydrogens (primary N) is 1. The van der Waals surface area contributed by atoms with E-state index in [1.165, 1.54) is 0 Å². The molecule has 2 N–H and O–H groups in total. The number of amides is 1. The van der Waals surface area contributed by atoms with Crippen LogP contribution in [0.25, 0.3) is 0 Å². The van der Waals surface area contributed by atoms with Gasteiger partial charge in [0.1, 0.15) is 0 Å². The Morgan fingerprint density at radius 3 is 2.90 bits per heavy atom. The fourth-order valence-electron chi connectivity index (χ4n) is 3.68. The first kappa shape index (κ1) is 14.5. The molecule has 3 saturated heterocycles. The van der Waals surface area contributed by atoms with Crippen LogP contribution in [0, 0.1) is 11.8 Å². The molecule has 1 amide bonds. The highest BCUT2D eigenvalue weighted by Gasteiger charge is 2.43. The Hall–Kier alpha value is -1.47. The number of piperidine rings is 3. The van der Waals surface area contributed by atoms with Crippen LogP contribution in [0.4, 0.5) is 0 Å². The summed E-state index contributed by atoms with van der Waals surface area (Å²) < 4.78 is 1.89. The first-order valence-electron chi connectivity index (χ1n) is 7.62. The summed E-state index contributed by atoms with van der Waals surface area (Å²) in [5.41, 5.74) is 6.39. The fourth-order valence-corrected chi connectivity index (χ4v) is 3.68. The molecule has 0 radical (unpaired) electrons. The minimum atomic E-state index is 0.167. The van der Waals surface area contributed by atoms with Gasteiger partial charge in [-0.15, -0.1) is 5.10 Å². The molecule has 0 saturated carbocycles. The minimum Gasteiger partial charge on any atom is -0.349 e. The third-order valence-electron chi connectivity index (χ3n) is 4.83. The number of hydrogen-bond donors (Lipinski definition) is 1. The maximum Gasteiger partial charge on any atom is 0.226 e. The van der Waals surface area contributed by atoms with E-state index in [0.717, 1.165) is 38.2 Å². The molecule has 7 heteroatoms. The van der Waals surface area contributed by atoms with Gasteiger partial charge in [0, 0.05) is 39.4 Å². The van der Waals surface area contributed by atoms with Gasteiger partial charge in [-0.2, -0.15) is 0 Å². The van der Waals surface area contributed by atoms with E-state index in [9.17, 15) is 4.79 Å². The van der Waals surface area contributed by atoms with Gasteiger partial charge in [0.2, 0.25) is 5.91 Å². The zero-order valence-electron chi connectivity index (χ0n) is 12.8. The molecule has 3 aliphatic rings. The second-order valence-corrected chi connectivity index (χ2v) is 6.41. The number of fused-ring (bicyclic) bond motifs is 3. The third kappa shape index (κ3) is 2.80. The standard InChI is InChI=1S/C14H24N6O/c1-18(2)14(21)13-9-19-4-3-10(13)5-12(19)8-20-7-11(6-15)16-17-20/h7,10,12-13H,3-6,8-9,15H2,1-2H3/t10?,12-,13+/m1/s1. The van der Waals surface area contributed by atoms with Gasteiger partial charge in [0.15, 0.2) is 0 Å². The monoisotopic (exact) mass is 292 g/mol. The van der Waals surface area contributed by atoms with E-state index < -0.39 is 0 Å². The van der Waals surface area contributed by atoms with E-state index in [-0.39, 0.29) is 11.8 Å². The van der Waals surface area contributed by atoms with Crippen molar-refractivity contribution in [3.8, 4) is 0 Å². The van der Waals surface area contributed by atoms with Crippen molar-refractivity contribution >= 4 is 5.91 Å². The molecule has 1 aromatic heterocycles. The smallest absolute Gasteiger partial charge is 0.226 e. The lowest BCUT2D eigenvalue weighted by Crippen LogP contribution is -2.57. The lowest BCUT2D eigenvalue weighted by atomic mass is 9.75. The normalized spacial score (nSPS) is 31.4. The van der Waals surface area contributed by atoms with Crippen molar-refractivity contribution in [1.29, 1.82) is 0 Å². The van der Waals surface area contributed by atoms with Gasteiger partial charge in [-0.1, -0.05) is 5.21 Å². The molecule has 2 unspecified atom stereocenters. The van der Waals surface area contributed by atoms with Gasteiger partial charge in [-0.25, -0.2) is 0 Å². The Morgan fingerprint density at radius 2 is 2.33 bits per heavy atom. The summed E-state index contributed by atoms with van der Waals surface area (Å²) in [7, 11) is 3.70. The number of carbonyl (C=O) groups is 1. The summed E-state index contributed by atoms with van der Waals surface area (Å²) in [6.07, 6.45) is 4.13. The van der Waals surface area contributed by atoms with Crippen molar-refractivity contribution in [1.82, 2.24) is 24.8 Å². The van der Waals surface area contributed by atoms with E-state index >= 15 is 0 Å². The van der Waals surface area contributed by atoms with Crippen LogP contribution >= 0.6 is 0 Å². The maximum absolute atomic E-state index is 12.3. The van der Waals surface area contributed by atoms with Crippen LogP contribution in [0.2, 0.25) is 0 Å². The van der Waals surface area contributed by atoms with Crippen molar-refractivity contribution in [2.45, 2.75) is 32.0 Å². The molecule has 2 bridgehead atoms. The second-order valence-electron chi connectivity index (χ2n) is 6.41. The molecule has 3 fully saturated rings. The minimum absolute atomic E-state index is 0.167. The van der Waals surface area contributed by atoms with Crippen molar-refractivity contribution < 1.29 is 4.79 Å². The number of rotatable bonds is 4. The maximum atomic E-state index is 12.3. The summed E-state index contributed by atoms with van der Waals surface area (Å²) in [6, 6.07) is 0.460. The molecular weight excluding hydrogens is 268 g/mol. The molecule has 4 rings (SSSR count). The number of nitrogens with zero attached hydrogens (tertiary/aromatic N) is 5. The molecule has 4 atom stereocenters. The van der Waals surface area contributed by atoms with Gasteiger partial charge < -0.3 is 10.6 Å². The van der Waals surface area contributed by atoms with Gasteiger partial charge in [-0.3, -0.25) is 14.4 Å². The Bertz CT molecular complexity index is 513. The van der Waals surface area contributed by atoms with Crippen LogP contribution < -0.4 is 5.73 Å². The van der Waals surface area contributed by atoms with E-state index in [1.54, 1.807) is 4.90 Å². The van der Waals surface area contributed by atoms with Crippen LogP contribution in [0.1, 0.15) is 18.5 Å². The highest BCUT2D eigenvalue weighted by atomic mass is 16.2. The molecule has 0 aliphatic carbocycles. The Labute approximate surface area is 125 Å². The van der Waals surface area contributed by atoms with Gasteiger partial charge in [0.25, 0.3) is 0 Å². The van der Waals surface area contributed by atoms with E-state index in [0.29, 0.717) is 18.5 Å². The first-order chi connectivity index (χ1) is 10.1. The molecular formula is C14H24N6O. The van der Waals surface area contributed by atoms with Gasteiger partial charge in [0.05, 0.1) is 18.2 Å². The zero-order valence-corrected chi connectivity index (χ0v) is 12.8. The summed E-state index contributed by atoms with van der Waals surface area (Å²) in [6.45, 7) is 3.23. The van der Waals surface area contributed by atoms with Crippen LogP contribution in [0.5, 0.6) is 0 Å². The van der Waals surface area contributed by atoms with Crippen LogP contribution in [0.3, 0.4) is 0 Å². The predicted octanol–water partition coefficient (Wildman–Crippen LogP) is -0.465. The highest BCUT2D eigenvalue weighted by molar-refractivity contribution is 5.79. The lowest BCUT2D eigenvalue weighted by Gasteiger charge is -2.49. The van der Waals surface area contributed by atoms with Crippen molar-refractivity contribution in [3.05, 3.63) is 11.9 Å². The Morgan fingerprint density at radius 1 is 1.52 bits per heavy atom. The van der Waals surface area contributed by atoms with Crippen molar-refractivity contribution in [2.24, 2.45) is 17.6 Å². The largest absolute Gasteiger partial charge is 0.349 e. The van der Waals surface area contributed by atoms with Crippen LogP contribution in [0.15, 0.2) is 6.20 Å². The van der Waals surface area contributed by atoms with Crippen molar-refractivity contribution in [3.63, 3.8) is 0 Å². The summed E-state index contributed by atoms with van der Waals surface area (Å²) in [4.78, 5) is 16.4. The number of carbonyl (C=O) groups excluding carboxylic acids is 1. The van der Waals surface area contributed by atoms with E-state index in [4.69, 9.17) is 5.73 Å². The average Bonchev–Trinajstić information content (AvgIpc) is 2.94. The molecule has 7 nitrogen and oxygen atoms in total. The molecule has 3 aliphatic heterocycles. The molecule has 116 valence electrons. The van der Waals surface area contributed by atoms with Gasteiger partial charge in [-0.05, 0) is 25.3 Å². The molecule has 21 heavy (non-hydrogen) atoms. The highest BCUT2D eigenvalue weighted by Crippen LogP contribution is 2.37. The average molecular weight is 292 g/mol. The quantitative estimate of drug-likeness (QED) is 0.812. The summed E-state index contributed by atoms with van der Waals surface area (Å²) in [5, 5.41) is 8.17. The van der Waals surface area contributed by atoms with Crippen molar-refractivity contribution in [2.75, 3.05) is 27.2 Å². The molecule has 1 aromatic rings. The van der Waals surface area contributed by atoms with Gasteiger partial charge >= 0.3 is 0 Å². The SMILES string of the molecule is CN(C)C(=O)[C@H]1CN2CCC1C[C@@H]2Cn1cc(CN)nn1. The molecule has 4 heterocycles. The summed E-state index contributed by atoms with van der Waals surface area (Å²) >= 11 is 0. The molecule has 0 aromatic carbocycles. The van der Waals surface area contributed by atoms with Crippen LogP contribution in [-0.2, 0) is 17.9 Å². The molecule has 0 spiro atoms. The number of hydrogen-bond acceptors (Lipinski definition) is 5.